The van der Waals surface area contributed by atoms with Gasteiger partial charge in [-0.25, -0.2) is 14.3 Å². The van der Waals surface area contributed by atoms with Gasteiger partial charge in [0.1, 0.15) is 12.1 Å². The highest BCUT2D eigenvalue weighted by Gasteiger charge is 2.22. The van der Waals surface area contributed by atoms with Gasteiger partial charge < -0.3 is 10.6 Å². The maximum atomic E-state index is 13.0. The molecule has 3 heterocycles. The highest BCUT2D eigenvalue weighted by molar-refractivity contribution is 5.95. The van der Waals surface area contributed by atoms with Gasteiger partial charge in [-0.05, 0) is 31.4 Å². The van der Waals surface area contributed by atoms with Gasteiger partial charge in [0, 0.05) is 24.9 Å². The van der Waals surface area contributed by atoms with Crippen LogP contribution < -0.4 is 21.9 Å². The number of benzene rings is 1. The molecule has 0 atom stereocenters. The van der Waals surface area contributed by atoms with Crippen LogP contribution >= 0.6 is 0 Å². The minimum atomic E-state index is -0.712. The Kier molecular flexibility index (Phi) is 5.78. The summed E-state index contributed by atoms with van der Waals surface area (Å²) in [6, 6.07) is 9.23. The minimum absolute atomic E-state index is 0.0613. The van der Waals surface area contributed by atoms with Crippen LogP contribution in [0.4, 0.5) is 11.5 Å². The molecule has 0 saturated heterocycles. The zero-order valence-corrected chi connectivity index (χ0v) is 18.6. The molecule has 0 fully saturated rings. The number of rotatable bonds is 6. The van der Waals surface area contributed by atoms with Crippen LogP contribution in [0.3, 0.4) is 0 Å². The first kappa shape index (κ1) is 21.9. The topological polar surface area (TPSA) is 144 Å². The Morgan fingerprint density at radius 3 is 2.64 bits per heavy atom. The summed E-state index contributed by atoms with van der Waals surface area (Å²) in [7, 11) is 1.47. The number of fused-ring (bicyclic) bond motifs is 1. The van der Waals surface area contributed by atoms with Gasteiger partial charge in [-0.2, -0.15) is 10.1 Å². The van der Waals surface area contributed by atoms with Gasteiger partial charge in [0.15, 0.2) is 5.69 Å². The van der Waals surface area contributed by atoms with Crippen molar-refractivity contribution < 1.29 is 4.79 Å². The summed E-state index contributed by atoms with van der Waals surface area (Å²) < 4.78 is 2.87. The van der Waals surface area contributed by atoms with Crippen LogP contribution in [0.1, 0.15) is 28.9 Å². The van der Waals surface area contributed by atoms with Crippen molar-refractivity contribution in [2.45, 2.75) is 33.2 Å². The van der Waals surface area contributed by atoms with Gasteiger partial charge in [0.25, 0.3) is 11.3 Å². The van der Waals surface area contributed by atoms with Crippen LogP contribution in [0.5, 0.6) is 0 Å². The lowest BCUT2D eigenvalue weighted by Gasteiger charge is -2.21. The smallest absolute Gasteiger partial charge is 0.330 e. The lowest BCUT2D eigenvalue weighted by molar-refractivity contribution is -0.118. The van der Waals surface area contributed by atoms with E-state index >= 15 is 0 Å². The average molecular weight is 448 g/mol. The number of amides is 1. The molecule has 0 saturated carbocycles. The molecular formula is C22H24N8O3. The molecule has 1 aromatic carbocycles. The fraction of sp³-hybridized carbons (Fsp3) is 0.273. The number of hydrogen-bond acceptors (Lipinski definition) is 7. The maximum Gasteiger partial charge on any atom is 0.330 e. The van der Waals surface area contributed by atoms with E-state index in [-0.39, 0.29) is 30.4 Å². The van der Waals surface area contributed by atoms with Gasteiger partial charge in [-0.3, -0.25) is 19.1 Å². The van der Waals surface area contributed by atoms with E-state index < -0.39 is 11.2 Å². The highest BCUT2D eigenvalue weighted by Crippen LogP contribution is 2.19. The number of aromatic amines is 1. The maximum absolute atomic E-state index is 13.0. The second-order valence-electron chi connectivity index (χ2n) is 7.75. The summed E-state index contributed by atoms with van der Waals surface area (Å²) in [6.45, 7) is 3.91. The molecule has 1 amide bonds. The first-order chi connectivity index (χ1) is 15.8. The van der Waals surface area contributed by atoms with E-state index in [9.17, 15) is 14.4 Å². The van der Waals surface area contributed by atoms with Crippen molar-refractivity contribution in [1.29, 1.82) is 0 Å². The third kappa shape index (κ3) is 4.12. The van der Waals surface area contributed by atoms with E-state index in [1.165, 1.54) is 22.8 Å². The van der Waals surface area contributed by atoms with Crippen LogP contribution in [0.25, 0.3) is 5.78 Å². The summed E-state index contributed by atoms with van der Waals surface area (Å²) >= 11 is 0. The van der Waals surface area contributed by atoms with Crippen molar-refractivity contribution in [1.82, 2.24) is 29.1 Å². The normalized spacial score (nSPS) is 11.1. The van der Waals surface area contributed by atoms with E-state index in [1.807, 2.05) is 44.2 Å². The van der Waals surface area contributed by atoms with Crippen molar-refractivity contribution >= 4 is 23.2 Å². The van der Waals surface area contributed by atoms with Crippen LogP contribution in [0, 0.1) is 13.8 Å². The second-order valence-corrected chi connectivity index (χ2v) is 7.75. The Hall–Kier alpha value is -4.28. The van der Waals surface area contributed by atoms with Crippen molar-refractivity contribution in [2.75, 3.05) is 17.7 Å². The predicted molar refractivity (Wildman–Crippen MR) is 123 cm³/mol. The average Bonchev–Trinajstić information content (AvgIpc) is 3.25. The molecule has 170 valence electrons. The summed E-state index contributed by atoms with van der Waals surface area (Å²) in [6.07, 6.45) is 1.93. The Balaban J connectivity index is 1.59. The SMILES string of the molecule is Cc1nc2ncnn2c(C)c1CCC(=O)N(C)c1c(N)n(Cc2ccccc2)c(=O)[nH]c1=O. The molecule has 0 aliphatic carbocycles. The third-order valence-electron chi connectivity index (χ3n) is 5.68. The number of carbonyl (C=O) groups is 1. The Bertz CT molecular complexity index is 1450. The van der Waals surface area contributed by atoms with Gasteiger partial charge >= 0.3 is 5.69 Å². The molecule has 4 aromatic rings. The number of nitrogen functional groups attached to an aromatic ring is 1. The number of nitrogens with zero attached hydrogens (tertiary/aromatic N) is 6. The number of nitrogens with two attached hydrogens (primary N) is 1. The Morgan fingerprint density at radius 2 is 1.91 bits per heavy atom. The molecule has 33 heavy (non-hydrogen) atoms. The molecule has 4 rings (SSSR count). The number of hydrogen-bond donors (Lipinski definition) is 2. The predicted octanol–water partition coefficient (Wildman–Crippen LogP) is 0.817. The summed E-state index contributed by atoms with van der Waals surface area (Å²) in [5, 5.41) is 4.16. The molecule has 0 spiro atoms. The monoisotopic (exact) mass is 448 g/mol. The largest absolute Gasteiger partial charge is 0.383 e. The van der Waals surface area contributed by atoms with Crippen molar-refractivity contribution in [3.63, 3.8) is 0 Å². The first-order valence-corrected chi connectivity index (χ1v) is 10.4. The lowest BCUT2D eigenvalue weighted by atomic mass is 10.1. The molecule has 11 heteroatoms. The molecular weight excluding hydrogens is 424 g/mol. The van der Waals surface area contributed by atoms with Crippen LogP contribution in [-0.2, 0) is 17.8 Å². The number of nitrogens with one attached hydrogen (secondary N) is 1. The zero-order valence-electron chi connectivity index (χ0n) is 18.6. The zero-order chi connectivity index (χ0) is 23.7. The van der Waals surface area contributed by atoms with E-state index in [1.54, 1.807) is 4.52 Å². The number of aryl methyl sites for hydroxylation is 2. The molecule has 3 aromatic heterocycles. The van der Waals surface area contributed by atoms with E-state index in [0.717, 1.165) is 22.5 Å². The number of H-pyrrole nitrogens is 1. The standard InChI is InChI=1S/C22H24N8O3/c1-13-16(14(2)30-21(26-13)24-12-25-30)9-10-17(31)28(3)18-19(23)29(22(33)27-20(18)32)11-15-7-5-4-6-8-15/h4-8,12H,9-11,23H2,1-3H3,(H,27,32,33). The fourth-order valence-electron chi connectivity index (χ4n) is 3.87. The Morgan fingerprint density at radius 1 is 1.18 bits per heavy atom. The van der Waals surface area contributed by atoms with Gasteiger partial charge in [-0.1, -0.05) is 30.3 Å². The third-order valence-corrected chi connectivity index (χ3v) is 5.68. The van der Waals surface area contributed by atoms with E-state index in [0.29, 0.717) is 12.2 Å². The second kappa shape index (κ2) is 8.69. The number of anilines is 2. The van der Waals surface area contributed by atoms with E-state index in [4.69, 9.17) is 5.73 Å². The van der Waals surface area contributed by atoms with Crippen molar-refractivity contribution in [3.8, 4) is 0 Å². The Labute approximate surface area is 188 Å². The van der Waals surface area contributed by atoms with Gasteiger partial charge in [0.05, 0.1) is 6.54 Å². The fourth-order valence-corrected chi connectivity index (χ4v) is 3.87. The summed E-state index contributed by atoms with van der Waals surface area (Å²) in [4.78, 5) is 49.9. The van der Waals surface area contributed by atoms with Gasteiger partial charge in [-0.15, -0.1) is 0 Å². The summed E-state index contributed by atoms with van der Waals surface area (Å²) in [5.41, 5.74) is 8.11. The molecule has 0 aliphatic rings. The molecule has 0 unspecified atom stereocenters. The molecule has 3 N–H and O–H groups in total. The van der Waals surface area contributed by atoms with E-state index in [2.05, 4.69) is 20.1 Å². The summed E-state index contributed by atoms with van der Waals surface area (Å²) in [5.74, 6) is 0.105. The van der Waals surface area contributed by atoms with Crippen LogP contribution in [0.15, 0.2) is 46.2 Å². The first-order valence-electron chi connectivity index (χ1n) is 10.4. The molecule has 11 nitrogen and oxygen atoms in total. The highest BCUT2D eigenvalue weighted by atomic mass is 16.2. The quantitative estimate of drug-likeness (QED) is 0.444. The molecule has 0 bridgehead atoms. The minimum Gasteiger partial charge on any atom is -0.383 e. The van der Waals surface area contributed by atoms with Crippen LogP contribution in [0.2, 0.25) is 0 Å². The molecule has 0 aliphatic heterocycles. The number of aromatic nitrogens is 6. The molecule has 0 radical (unpaired) electrons. The van der Waals surface area contributed by atoms with Crippen LogP contribution in [-0.4, -0.2) is 42.1 Å². The lowest BCUT2D eigenvalue weighted by Crippen LogP contribution is -2.39. The van der Waals surface area contributed by atoms with Crippen molar-refractivity contribution in [3.05, 3.63) is 80.0 Å². The number of carbonyl (C=O) groups excluding carboxylic acids is 1. The van der Waals surface area contributed by atoms with Gasteiger partial charge in [0.2, 0.25) is 5.91 Å². The van der Waals surface area contributed by atoms with Crippen molar-refractivity contribution in [2.24, 2.45) is 0 Å².